The molecule has 4 aromatic rings. The van der Waals surface area contributed by atoms with Crippen molar-refractivity contribution in [3.05, 3.63) is 38.7 Å². The highest BCUT2D eigenvalue weighted by Crippen LogP contribution is 2.44. The van der Waals surface area contributed by atoms with E-state index in [4.69, 9.17) is 10.7 Å². The van der Waals surface area contributed by atoms with Crippen molar-refractivity contribution in [2.45, 2.75) is 0 Å². The number of thiophene rings is 1. The van der Waals surface area contributed by atoms with Gasteiger partial charge in [-0.15, -0.1) is 11.3 Å². The Morgan fingerprint density at radius 2 is 1.86 bits per heavy atom. The van der Waals surface area contributed by atoms with Crippen LogP contribution in [-0.4, -0.2) is 47.6 Å². The number of anilines is 2. The average Bonchev–Trinajstić information content (AvgIpc) is 3.24. The predicted octanol–water partition coefficient (Wildman–Crippen LogP) is 3.95. The first-order valence-electron chi connectivity index (χ1n) is 8.81. The summed E-state index contributed by atoms with van der Waals surface area (Å²) in [6, 6.07) is 8.18. The molecule has 0 saturated carbocycles. The standard InChI is InChI=1S/C18H15Br2N5O2S2/c19-14-16(21)25-17(23-18(14)24-5-7-29(26,27)8-6-24)11(9-22-25)13-10-3-1-2-4-12(10)28-15(13)20/h1-4,9H,5-8,21H2. The first kappa shape index (κ1) is 19.3. The number of aromatic nitrogens is 3. The summed E-state index contributed by atoms with van der Waals surface area (Å²) in [6.45, 7) is 0.774. The summed E-state index contributed by atoms with van der Waals surface area (Å²) in [6.07, 6.45) is 1.77. The Kier molecular flexibility index (Phi) is 4.61. The van der Waals surface area contributed by atoms with Crippen LogP contribution in [0.1, 0.15) is 0 Å². The summed E-state index contributed by atoms with van der Waals surface area (Å²) in [4.78, 5) is 6.82. The number of fused-ring (bicyclic) bond motifs is 2. The molecule has 1 aliphatic heterocycles. The zero-order valence-corrected chi connectivity index (χ0v) is 19.8. The van der Waals surface area contributed by atoms with E-state index in [1.807, 2.05) is 17.0 Å². The molecule has 0 bridgehead atoms. The van der Waals surface area contributed by atoms with Gasteiger partial charge in [0.2, 0.25) is 0 Å². The Balaban J connectivity index is 1.71. The monoisotopic (exact) mass is 555 g/mol. The van der Waals surface area contributed by atoms with Crippen molar-refractivity contribution in [2.75, 3.05) is 35.2 Å². The van der Waals surface area contributed by atoms with Gasteiger partial charge in [-0.1, -0.05) is 18.2 Å². The largest absolute Gasteiger partial charge is 0.383 e. The van der Waals surface area contributed by atoms with E-state index >= 15 is 0 Å². The van der Waals surface area contributed by atoms with Crippen LogP contribution in [0.2, 0.25) is 0 Å². The van der Waals surface area contributed by atoms with Gasteiger partial charge in [0.1, 0.15) is 16.1 Å². The van der Waals surface area contributed by atoms with Crippen molar-refractivity contribution in [2.24, 2.45) is 0 Å². The molecule has 0 atom stereocenters. The highest BCUT2D eigenvalue weighted by Gasteiger charge is 2.27. The van der Waals surface area contributed by atoms with Crippen LogP contribution >= 0.6 is 43.2 Å². The van der Waals surface area contributed by atoms with E-state index < -0.39 is 9.84 Å². The smallest absolute Gasteiger partial charge is 0.167 e. The Labute approximate surface area is 187 Å². The molecule has 1 aromatic carbocycles. The molecule has 29 heavy (non-hydrogen) atoms. The summed E-state index contributed by atoms with van der Waals surface area (Å²) in [5.41, 5.74) is 8.90. The fourth-order valence-corrected chi connectivity index (χ4v) is 7.16. The van der Waals surface area contributed by atoms with Crippen LogP contribution < -0.4 is 10.6 Å². The molecule has 1 saturated heterocycles. The summed E-state index contributed by atoms with van der Waals surface area (Å²) in [5, 5.41) is 5.58. The van der Waals surface area contributed by atoms with Crippen molar-refractivity contribution in [3.63, 3.8) is 0 Å². The van der Waals surface area contributed by atoms with Crippen molar-refractivity contribution < 1.29 is 8.42 Å². The normalized spacial score (nSPS) is 16.7. The lowest BCUT2D eigenvalue weighted by Crippen LogP contribution is -2.41. The van der Waals surface area contributed by atoms with Gasteiger partial charge in [-0.25, -0.2) is 13.4 Å². The second-order valence-electron chi connectivity index (χ2n) is 6.81. The number of hydrogen-bond donors (Lipinski definition) is 1. The highest BCUT2D eigenvalue weighted by molar-refractivity contribution is 9.11. The second-order valence-corrected chi connectivity index (χ2v) is 12.3. The maximum absolute atomic E-state index is 11.8. The minimum Gasteiger partial charge on any atom is -0.383 e. The predicted molar refractivity (Wildman–Crippen MR) is 124 cm³/mol. The van der Waals surface area contributed by atoms with E-state index in [1.54, 1.807) is 22.0 Å². The minimum absolute atomic E-state index is 0.110. The van der Waals surface area contributed by atoms with Gasteiger partial charge in [0, 0.05) is 34.3 Å². The Hall–Kier alpha value is -1.69. The van der Waals surface area contributed by atoms with Crippen LogP contribution in [0.15, 0.2) is 38.7 Å². The van der Waals surface area contributed by atoms with E-state index in [-0.39, 0.29) is 11.5 Å². The van der Waals surface area contributed by atoms with Crippen LogP contribution in [0, 0.1) is 0 Å². The molecule has 11 heteroatoms. The van der Waals surface area contributed by atoms with Gasteiger partial charge in [0.15, 0.2) is 15.5 Å². The molecule has 0 unspecified atom stereocenters. The fraction of sp³-hybridized carbons (Fsp3) is 0.222. The van der Waals surface area contributed by atoms with Gasteiger partial charge in [-0.2, -0.15) is 9.61 Å². The third kappa shape index (κ3) is 3.15. The Morgan fingerprint density at radius 3 is 2.62 bits per heavy atom. The molecular formula is C18H15Br2N5O2S2. The van der Waals surface area contributed by atoms with Crippen molar-refractivity contribution >= 4 is 80.4 Å². The Morgan fingerprint density at radius 1 is 1.14 bits per heavy atom. The fourth-order valence-electron chi connectivity index (χ4n) is 3.56. The zero-order chi connectivity index (χ0) is 20.3. The maximum atomic E-state index is 11.8. The number of hydrogen-bond acceptors (Lipinski definition) is 7. The number of nitrogens with two attached hydrogens (primary N) is 1. The summed E-state index contributed by atoms with van der Waals surface area (Å²) < 4.78 is 28.0. The molecule has 1 aliphatic rings. The third-order valence-corrected chi connectivity index (χ3v) is 9.28. The van der Waals surface area contributed by atoms with E-state index in [0.29, 0.717) is 34.8 Å². The van der Waals surface area contributed by atoms with Crippen LogP contribution in [-0.2, 0) is 9.84 Å². The minimum atomic E-state index is -2.99. The van der Waals surface area contributed by atoms with E-state index in [1.165, 1.54) is 4.70 Å². The number of nitrogens with zero attached hydrogens (tertiary/aromatic N) is 4. The molecule has 0 spiro atoms. The molecule has 1 fully saturated rings. The SMILES string of the molecule is Nc1c(Br)c(N2CCS(=O)(=O)CC2)nc2c(-c3c(Br)sc4ccccc34)cnn12. The number of nitrogen functional groups attached to an aromatic ring is 1. The lowest BCUT2D eigenvalue weighted by Gasteiger charge is -2.28. The lowest BCUT2D eigenvalue weighted by molar-refractivity contribution is 0.586. The van der Waals surface area contributed by atoms with Crippen molar-refractivity contribution in [1.29, 1.82) is 0 Å². The average molecular weight is 557 g/mol. The third-order valence-electron chi connectivity index (χ3n) is 5.07. The molecule has 5 rings (SSSR count). The highest BCUT2D eigenvalue weighted by atomic mass is 79.9. The van der Waals surface area contributed by atoms with Gasteiger partial charge in [-0.05, 0) is 37.9 Å². The van der Waals surface area contributed by atoms with E-state index in [2.05, 4.69) is 49.1 Å². The van der Waals surface area contributed by atoms with Gasteiger partial charge in [-0.3, -0.25) is 0 Å². The molecule has 0 radical (unpaired) electrons. The lowest BCUT2D eigenvalue weighted by atomic mass is 10.1. The van der Waals surface area contributed by atoms with Gasteiger partial charge < -0.3 is 10.6 Å². The van der Waals surface area contributed by atoms with Crippen LogP contribution in [0.25, 0.3) is 26.9 Å². The number of benzene rings is 1. The molecule has 7 nitrogen and oxygen atoms in total. The zero-order valence-electron chi connectivity index (χ0n) is 15.0. The van der Waals surface area contributed by atoms with Crippen LogP contribution in [0.5, 0.6) is 0 Å². The quantitative estimate of drug-likeness (QED) is 0.402. The molecular weight excluding hydrogens is 542 g/mol. The van der Waals surface area contributed by atoms with Crippen molar-refractivity contribution in [1.82, 2.24) is 14.6 Å². The van der Waals surface area contributed by atoms with Gasteiger partial charge in [0.25, 0.3) is 0 Å². The first-order valence-corrected chi connectivity index (χ1v) is 13.0. The van der Waals surface area contributed by atoms with Gasteiger partial charge >= 0.3 is 0 Å². The molecule has 2 N–H and O–H groups in total. The maximum Gasteiger partial charge on any atom is 0.167 e. The topological polar surface area (TPSA) is 93.6 Å². The summed E-state index contributed by atoms with van der Waals surface area (Å²) >= 11 is 8.88. The molecule has 0 aliphatic carbocycles. The summed E-state index contributed by atoms with van der Waals surface area (Å²) in [7, 11) is -2.99. The van der Waals surface area contributed by atoms with Gasteiger partial charge in [0.05, 0.1) is 21.5 Å². The van der Waals surface area contributed by atoms with Crippen LogP contribution in [0.4, 0.5) is 11.6 Å². The first-order chi connectivity index (χ1) is 13.9. The van der Waals surface area contributed by atoms with Crippen molar-refractivity contribution in [3.8, 4) is 11.1 Å². The summed E-state index contributed by atoms with van der Waals surface area (Å²) in [5.74, 6) is 1.29. The Bertz CT molecular complexity index is 1370. The second kappa shape index (κ2) is 6.93. The number of sulfone groups is 1. The van der Waals surface area contributed by atoms with Crippen LogP contribution in [0.3, 0.4) is 0 Å². The van der Waals surface area contributed by atoms with E-state index in [0.717, 1.165) is 20.3 Å². The molecule has 4 heterocycles. The van der Waals surface area contributed by atoms with E-state index in [9.17, 15) is 8.42 Å². The number of rotatable bonds is 2. The number of halogens is 2. The molecule has 3 aromatic heterocycles. The molecule has 0 amide bonds. The molecule has 150 valence electrons.